The molecule has 17 heavy (non-hydrogen) atoms. The van der Waals surface area contributed by atoms with Crippen LogP contribution in [0.3, 0.4) is 0 Å². The number of piperazine rings is 1. The van der Waals surface area contributed by atoms with Crippen molar-refractivity contribution >= 4 is 11.8 Å². The summed E-state index contributed by atoms with van der Waals surface area (Å²) in [5, 5.41) is 0. The normalized spacial score (nSPS) is 35.9. The molecule has 2 amide bonds. The van der Waals surface area contributed by atoms with Crippen LogP contribution in [0.4, 0.5) is 0 Å². The molecule has 2 heterocycles. The number of rotatable bonds is 1. The van der Waals surface area contributed by atoms with Crippen LogP contribution < -0.4 is 0 Å². The number of amides is 2. The molecule has 2 saturated heterocycles. The van der Waals surface area contributed by atoms with Crippen molar-refractivity contribution in [1.82, 2.24) is 9.80 Å². The molecule has 4 nitrogen and oxygen atoms in total. The fourth-order valence-electron chi connectivity index (χ4n) is 3.65. The Morgan fingerprint density at radius 1 is 1.18 bits per heavy atom. The summed E-state index contributed by atoms with van der Waals surface area (Å²) in [6.07, 6.45) is 5.09. The maximum Gasteiger partial charge on any atom is 0.246 e. The molecule has 2 aliphatic heterocycles. The first-order valence-electron chi connectivity index (χ1n) is 6.68. The number of nitrogens with zero attached hydrogens (tertiary/aromatic N) is 2. The van der Waals surface area contributed by atoms with Crippen LogP contribution in [0.1, 0.15) is 46.0 Å². The van der Waals surface area contributed by atoms with Gasteiger partial charge >= 0.3 is 0 Å². The first-order valence-corrected chi connectivity index (χ1v) is 6.68. The second kappa shape index (κ2) is 3.47. The highest BCUT2D eigenvalue weighted by atomic mass is 16.2. The molecule has 1 saturated carbocycles. The molecule has 94 valence electrons. The number of carbonyl (C=O) groups excluding carboxylic acids is 2. The summed E-state index contributed by atoms with van der Waals surface area (Å²) >= 11 is 0. The molecule has 1 aliphatic carbocycles. The average molecular weight is 236 g/mol. The van der Waals surface area contributed by atoms with Gasteiger partial charge in [0.15, 0.2) is 0 Å². The highest BCUT2D eigenvalue weighted by molar-refractivity contribution is 5.97. The molecule has 0 spiro atoms. The lowest BCUT2D eigenvalue weighted by atomic mass is 9.75. The number of carbonyl (C=O) groups is 2. The van der Waals surface area contributed by atoms with Crippen LogP contribution in [-0.2, 0) is 9.59 Å². The van der Waals surface area contributed by atoms with Crippen LogP contribution in [0.2, 0.25) is 0 Å². The Balaban J connectivity index is 1.93. The summed E-state index contributed by atoms with van der Waals surface area (Å²) in [6, 6.07) is -0.418. The van der Waals surface area contributed by atoms with Crippen LogP contribution in [0.5, 0.6) is 0 Å². The van der Waals surface area contributed by atoms with Crippen molar-refractivity contribution < 1.29 is 9.59 Å². The van der Waals surface area contributed by atoms with Gasteiger partial charge in [0.2, 0.25) is 11.8 Å². The van der Waals surface area contributed by atoms with E-state index in [0.717, 1.165) is 32.2 Å². The summed E-state index contributed by atoms with van der Waals surface area (Å²) in [5.74, 6) is 0.344. The zero-order valence-electron chi connectivity index (χ0n) is 10.6. The first-order chi connectivity index (χ1) is 8.04. The Morgan fingerprint density at radius 2 is 1.88 bits per heavy atom. The highest BCUT2D eigenvalue weighted by Crippen LogP contribution is 2.42. The van der Waals surface area contributed by atoms with Crippen LogP contribution in [0.25, 0.3) is 0 Å². The molecule has 0 bridgehead atoms. The minimum Gasteiger partial charge on any atom is -0.329 e. The van der Waals surface area contributed by atoms with Gasteiger partial charge in [-0.1, -0.05) is 0 Å². The van der Waals surface area contributed by atoms with Gasteiger partial charge in [-0.25, -0.2) is 0 Å². The number of hydrogen-bond acceptors (Lipinski definition) is 2. The quantitative estimate of drug-likeness (QED) is 0.685. The van der Waals surface area contributed by atoms with Crippen LogP contribution >= 0.6 is 0 Å². The van der Waals surface area contributed by atoms with E-state index in [-0.39, 0.29) is 29.4 Å². The Bertz CT molecular complexity index is 376. The van der Waals surface area contributed by atoms with Crippen LogP contribution in [0.15, 0.2) is 0 Å². The van der Waals surface area contributed by atoms with E-state index < -0.39 is 0 Å². The van der Waals surface area contributed by atoms with E-state index in [4.69, 9.17) is 0 Å². The van der Waals surface area contributed by atoms with Crippen molar-refractivity contribution in [2.24, 2.45) is 0 Å². The molecule has 2 atom stereocenters. The van der Waals surface area contributed by atoms with Gasteiger partial charge in [-0.2, -0.15) is 0 Å². The van der Waals surface area contributed by atoms with Gasteiger partial charge in [-0.15, -0.1) is 0 Å². The third kappa shape index (κ3) is 1.36. The molecule has 0 radical (unpaired) electrons. The van der Waals surface area contributed by atoms with Crippen molar-refractivity contribution in [2.75, 3.05) is 6.54 Å². The molecule has 3 fully saturated rings. The van der Waals surface area contributed by atoms with Gasteiger partial charge < -0.3 is 9.80 Å². The number of fused-ring (bicyclic) bond motifs is 1. The second-order valence-corrected chi connectivity index (χ2v) is 5.92. The minimum absolute atomic E-state index is 0.0547. The fourth-order valence-corrected chi connectivity index (χ4v) is 3.65. The molecule has 2 unspecified atom stereocenters. The molecule has 3 aliphatic rings. The maximum atomic E-state index is 12.5. The van der Waals surface area contributed by atoms with Gasteiger partial charge in [-0.05, 0) is 46.0 Å². The third-order valence-electron chi connectivity index (χ3n) is 4.82. The average Bonchev–Trinajstić information content (AvgIpc) is 2.73. The SMILES string of the molecule is CC1C(=O)N2CCCC2C(=O)N1C1(C)CCC1. The molecular weight excluding hydrogens is 216 g/mol. The second-order valence-electron chi connectivity index (χ2n) is 5.92. The Kier molecular flexibility index (Phi) is 2.25. The lowest BCUT2D eigenvalue weighted by molar-refractivity contribution is -0.169. The molecule has 0 N–H and O–H groups in total. The van der Waals surface area contributed by atoms with E-state index >= 15 is 0 Å². The summed E-state index contributed by atoms with van der Waals surface area (Å²) < 4.78 is 0. The van der Waals surface area contributed by atoms with Gasteiger partial charge in [0, 0.05) is 12.1 Å². The van der Waals surface area contributed by atoms with Gasteiger partial charge in [0.25, 0.3) is 0 Å². The predicted octanol–water partition coefficient (Wildman–Crippen LogP) is 1.15. The largest absolute Gasteiger partial charge is 0.329 e. The zero-order valence-corrected chi connectivity index (χ0v) is 10.6. The standard InChI is InChI=1S/C13H20N2O2/c1-9-11(16)14-8-3-5-10(14)12(17)15(9)13(2)6-4-7-13/h9-10H,3-8H2,1-2H3. The summed E-state index contributed by atoms with van der Waals surface area (Å²) in [7, 11) is 0. The van der Waals surface area contributed by atoms with E-state index in [0.29, 0.717) is 0 Å². The zero-order chi connectivity index (χ0) is 12.2. The molecule has 0 aromatic rings. The number of hydrogen-bond donors (Lipinski definition) is 0. The molecule has 0 aromatic carbocycles. The summed E-state index contributed by atoms with van der Waals surface area (Å²) in [5.41, 5.74) is -0.0547. The van der Waals surface area contributed by atoms with Crippen LogP contribution in [0, 0.1) is 0 Å². The van der Waals surface area contributed by atoms with E-state index in [1.165, 1.54) is 6.42 Å². The molecule has 0 aromatic heterocycles. The topological polar surface area (TPSA) is 40.6 Å². The van der Waals surface area contributed by atoms with Crippen molar-refractivity contribution in [3.05, 3.63) is 0 Å². The Labute approximate surface area is 102 Å². The van der Waals surface area contributed by atoms with E-state index in [1.54, 1.807) is 4.90 Å². The van der Waals surface area contributed by atoms with Gasteiger partial charge in [-0.3, -0.25) is 9.59 Å². The van der Waals surface area contributed by atoms with E-state index in [9.17, 15) is 9.59 Å². The maximum absolute atomic E-state index is 12.5. The van der Waals surface area contributed by atoms with Crippen molar-refractivity contribution in [3.63, 3.8) is 0 Å². The Morgan fingerprint density at radius 3 is 2.47 bits per heavy atom. The summed E-state index contributed by atoms with van der Waals surface area (Å²) in [6.45, 7) is 4.78. The molecule has 3 rings (SSSR count). The van der Waals surface area contributed by atoms with Gasteiger partial charge in [0.05, 0.1) is 0 Å². The predicted molar refractivity (Wildman–Crippen MR) is 63.3 cm³/mol. The lowest BCUT2D eigenvalue weighted by Crippen LogP contribution is -2.69. The molecular formula is C13H20N2O2. The monoisotopic (exact) mass is 236 g/mol. The summed E-state index contributed by atoms with van der Waals surface area (Å²) in [4.78, 5) is 28.5. The smallest absolute Gasteiger partial charge is 0.246 e. The van der Waals surface area contributed by atoms with Gasteiger partial charge in [0.1, 0.15) is 12.1 Å². The van der Waals surface area contributed by atoms with Crippen molar-refractivity contribution in [2.45, 2.75) is 63.6 Å². The highest BCUT2D eigenvalue weighted by Gasteiger charge is 2.53. The minimum atomic E-state index is -0.262. The van der Waals surface area contributed by atoms with Crippen molar-refractivity contribution in [3.8, 4) is 0 Å². The molecule has 4 heteroatoms. The van der Waals surface area contributed by atoms with Crippen LogP contribution in [-0.4, -0.2) is 45.8 Å². The van der Waals surface area contributed by atoms with E-state index in [1.807, 2.05) is 11.8 Å². The Hall–Kier alpha value is -1.06. The fraction of sp³-hybridized carbons (Fsp3) is 0.846. The third-order valence-corrected chi connectivity index (χ3v) is 4.82. The van der Waals surface area contributed by atoms with Crippen molar-refractivity contribution in [1.29, 1.82) is 0 Å². The van der Waals surface area contributed by atoms with E-state index in [2.05, 4.69) is 6.92 Å². The first kappa shape index (κ1) is 11.1. The lowest BCUT2D eigenvalue weighted by Gasteiger charge is -2.54.